The van der Waals surface area contributed by atoms with Crippen LogP contribution in [0.15, 0.2) is 6.07 Å². The molecule has 2 aromatic rings. The third-order valence-corrected chi connectivity index (χ3v) is 3.31. The summed E-state index contributed by atoms with van der Waals surface area (Å²) in [5, 5.41) is 10.3. The fourth-order valence-corrected chi connectivity index (χ4v) is 2.74. The summed E-state index contributed by atoms with van der Waals surface area (Å²) >= 11 is 7.52. The Morgan fingerprint density at radius 3 is 2.86 bits per heavy atom. The Hall–Kier alpha value is -1.11. The largest absolute Gasteiger partial charge is 0.252 e. The second kappa shape index (κ2) is 3.23. The number of pyridine rings is 1. The van der Waals surface area contributed by atoms with E-state index < -0.39 is 0 Å². The summed E-state index contributed by atoms with van der Waals surface area (Å²) in [4.78, 5) is 6.07. The molecule has 2 rings (SSSR count). The van der Waals surface area contributed by atoms with Crippen LogP contribution < -0.4 is 0 Å². The van der Waals surface area contributed by atoms with Crippen LogP contribution in [0, 0.1) is 25.2 Å². The lowest BCUT2D eigenvalue weighted by atomic mass is 10.2. The molecule has 0 bridgehead atoms. The molecular formula is C10H7ClN2S. The second-order valence-corrected chi connectivity index (χ2v) is 4.70. The molecule has 2 heterocycles. The Bertz CT molecular complexity index is 551. The Morgan fingerprint density at radius 2 is 2.21 bits per heavy atom. The number of rotatable bonds is 0. The maximum atomic E-state index is 8.92. The van der Waals surface area contributed by atoms with Crippen molar-refractivity contribution in [3.05, 3.63) is 26.5 Å². The molecule has 14 heavy (non-hydrogen) atoms. The number of thiophene rings is 1. The summed E-state index contributed by atoms with van der Waals surface area (Å²) in [6, 6.07) is 3.93. The Balaban J connectivity index is 2.98. The minimum absolute atomic E-state index is 0.619. The quantitative estimate of drug-likeness (QED) is 0.685. The molecule has 0 aromatic carbocycles. The van der Waals surface area contributed by atoms with Crippen LogP contribution in [-0.4, -0.2) is 4.98 Å². The van der Waals surface area contributed by atoms with Gasteiger partial charge in [0.25, 0.3) is 0 Å². The molecule has 0 saturated carbocycles. The first-order valence-corrected chi connectivity index (χ1v) is 5.29. The molecule has 0 N–H and O–H groups in total. The van der Waals surface area contributed by atoms with Crippen LogP contribution >= 0.6 is 22.9 Å². The summed E-state index contributed by atoms with van der Waals surface area (Å²) in [5.74, 6) is 0. The van der Waals surface area contributed by atoms with E-state index in [2.05, 4.69) is 11.1 Å². The molecule has 0 saturated heterocycles. The first-order valence-electron chi connectivity index (χ1n) is 4.10. The van der Waals surface area contributed by atoms with E-state index in [1.54, 1.807) is 6.07 Å². The van der Waals surface area contributed by atoms with Crippen molar-refractivity contribution >= 4 is 33.8 Å². The first-order chi connectivity index (χ1) is 6.63. The molecule has 0 aliphatic heterocycles. The third-order valence-electron chi connectivity index (χ3n) is 2.02. The average Bonchev–Trinajstić information content (AvgIpc) is 2.43. The van der Waals surface area contributed by atoms with Gasteiger partial charge in [0.2, 0.25) is 0 Å². The van der Waals surface area contributed by atoms with Gasteiger partial charge in [-0.1, -0.05) is 11.6 Å². The van der Waals surface area contributed by atoms with Crippen LogP contribution in [0.4, 0.5) is 0 Å². The van der Waals surface area contributed by atoms with E-state index in [-0.39, 0.29) is 0 Å². The number of aryl methyl sites for hydroxylation is 2. The highest BCUT2D eigenvalue weighted by molar-refractivity contribution is 7.14. The zero-order chi connectivity index (χ0) is 10.3. The average molecular weight is 223 g/mol. The number of fused-ring (bicyclic) bond motifs is 1. The van der Waals surface area contributed by atoms with Gasteiger partial charge in [0.15, 0.2) is 0 Å². The number of nitrogens with zero attached hydrogens (tertiary/aromatic N) is 2. The lowest BCUT2D eigenvalue weighted by molar-refractivity contribution is 1.25. The van der Waals surface area contributed by atoms with Crippen molar-refractivity contribution in [1.82, 2.24) is 4.98 Å². The molecule has 70 valence electrons. The van der Waals surface area contributed by atoms with E-state index in [1.165, 1.54) is 11.3 Å². The van der Waals surface area contributed by atoms with Crippen molar-refractivity contribution in [2.24, 2.45) is 0 Å². The maximum Gasteiger partial charge on any atom is 0.116 e. The van der Waals surface area contributed by atoms with Gasteiger partial charge in [0.05, 0.1) is 10.5 Å². The predicted molar refractivity (Wildman–Crippen MR) is 58.8 cm³/mol. The lowest BCUT2D eigenvalue weighted by Crippen LogP contribution is -1.83. The van der Waals surface area contributed by atoms with E-state index >= 15 is 0 Å². The Labute approximate surface area is 90.8 Å². The number of nitriles is 1. The summed E-state index contributed by atoms with van der Waals surface area (Å²) in [6.45, 7) is 3.85. The molecule has 0 fully saturated rings. The van der Waals surface area contributed by atoms with Gasteiger partial charge in [0.1, 0.15) is 10.9 Å². The zero-order valence-corrected chi connectivity index (χ0v) is 9.33. The highest BCUT2D eigenvalue weighted by Crippen LogP contribution is 2.34. The fraction of sp³-hybridized carbons (Fsp3) is 0.200. The highest BCUT2D eigenvalue weighted by atomic mass is 35.5. The van der Waals surface area contributed by atoms with Crippen molar-refractivity contribution in [1.29, 1.82) is 5.26 Å². The van der Waals surface area contributed by atoms with Crippen LogP contribution in [0.1, 0.15) is 15.4 Å². The molecule has 0 aliphatic carbocycles. The maximum absolute atomic E-state index is 8.92. The van der Waals surface area contributed by atoms with Crippen LogP contribution in [0.5, 0.6) is 0 Å². The topological polar surface area (TPSA) is 36.7 Å². The van der Waals surface area contributed by atoms with Crippen LogP contribution in [0.25, 0.3) is 10.9 Å². The molecule has 0 spiro atoms. The van der Waals surface area contributed by atoms with Crippen LogP contribution in [0.3, 0.4) is 0 Å². The normalized spacial score (nSPS) is 10.4. The molecule has 0 unspecified atom stereocenters. The molecule has 0 amide bonds. The molecule has 4 heteroatoms. The van der Waals surface area contributed by atoms with Crippen molar-refractivity contribution in [3.8, 4) is 6.07 Å². The first kappa shape index (κ1) is 9.45. The highest BCUT2D eigenvalue weighted by Gasteiger charge is 2.12. The van der Waals surface area contributed by atoms with Crippen molar-refractivity contribution in [2.75, 3.05) is 0 Å². The number of halogens is 1. The van der Waals surface area contributed by atoms with E-state index in [1.807, 2.05) is 13.8 Å². The smallest absolute Gasteiger partial charge is 0.116 e. The minimum Gasteiger partial charge on any atom is -0.252 e. The van der Waals surface area contributed by atoms with Gasteiger partial charge in [-0.3, -0.25) is 4.98 Å². The zero-order valence-electron chi connectivity index (χ0n) is 7.76. The summed E-state index contributed by atoms with van der Waals surface area (Å²) in [5.41, 5.74) is 1.74. The minimum atomic E-state index is 0.619. The number of hydrogen-bond acceptors (Lipinski definition) is 3. The van der Waals surface area contributed by atoms with Gasteiger partial charge >= 0.3 is 0 Å². The molecule has 0 aliphatic rings. The molecule has 0 radical (unpaired) electrons. The number of aromatic nitrogens is 1. The van der Waals surface area contributed by atoms with Gasteiger partial charge in [0, 0.05) is 16.0 Å². The van der Waals surface area contributed by atoms with Crippen LogP contribution in [0.2, 0.25) is 5.02 Å². The van der Waals surface area contributed by atoms with Gasteiger partial charge in [-0.2, -0.15) is 5.26 Å². The summed E-state index contributed by atoms with van der Waals surface area (Å²) in [6.07, 6.45) is 0. The van der Waals surface area contributed by atoms with Gasteiger partial charge in [-0.25, -0.2) is 0 Å². The molecule has 0 atom stereocenters. The molecular weight excluding hydrogens is 216 g/mol. The summed E-state index contributed by atoms with van der Waals surface area (Å²) < 4.78 is 0. The van der Waals surface area contributed by atoms with E-state index in [9.17, 15) is 0 Å². The summed E-state index contributed by atoms with van der Waals surface area (Å²) in [7, 11) is 0. The predicted octanol–water partition coefficient (Wildman–Crippen LogP) is 3.44. The standard InChI is InChI=1S/C10H7ClN2S/c1-5-3-7(11)9-8(4-12)14-6(2)10(9)13-5/h3H,1-2H3. The van der Waals surface area contributed by atoms with E-state index in [0.29, 0.717) is 9.90 Å². The fourth-order valence-electron chi connectivity index (χ4n) is 1.44. The monoisotopic (exact) mass is 222 g/mol. The lowest BCUT2D eigenvalue weighted by Gasteiger charge is -1.97. The third kappa shape index (κ3) is 1.28. The molecule has 2 aromatic heterocycles. The van der Waals surface area contributed by atoms with E-state index in [4.69, 9.17) is 16.9 Å². The Morgan fingerprint density at radius 1 is 1.50 bits per heavy atom. The van der Waals surface area contributed by atoms with Crippen LogP contribution in [-0.2, 0) is 0 Å². The second-order valence-electron chi connectivity index (χ2n) is 3.07. The van der Waals surface area contributed by atoms with Gasteiger partial charge in [-0.15, -0.1) is 11.3 Å². The number of hydrogen-bond donors (Lipinski definition) is 0. The van der Waals surface area contributed by atoms with E-state index in [0.717, 1.165) is 21.5 Å². The SMILES string of the molecule is Cc1cc(Cl)c2c(C#N)sc(C)c2n1. The van der Waals surface area contributed by atoms with Crippen molar-refractivity contribution < 1.29 is 0 Å². The Kier molecular flexibility index (Phi) is 2.18. The molecule has 2 nitrogen and oxygen atoms in total. The van der Waals surface area contributed by atoms with Gasteiger partial charge in [-0.05, 0) is 19.9 Å². The van der Waals surface area contributed by atoms with Crippen molar-refractivity contribution in [2.45, 2.75) is 13.8 Å². The van der Waals surface area contributed by atoms with Gasteiger partial charge < -0.3 is 0 Å². The van der Waals surface area contributed by atoms with Crippen molar-refractivity contribution in [3.63, 3.8) is 0 Å².